The topological polar surface area (TPSA) is 49.3 Å². The quantitative estimate of drug-likeness (QED) is 0.880. The first-order valence-corrected chi connectivity index (χ1v) is 6.75. The lowest BCUT2D eigenvalue weighted by molar-refractivity contribution is -0.139. The molecule has 0 spiro atoms. The second-order valence-corrected chi connectivity index (χ2v) is 5.06. The van der Waals surface area contributed by atoms with E-state index in [1.807, 2.05) is 37.3 Å². The lowest BCUT2D eigenvalue weighted by atomic mass is 10.0. The van der Waals surface area contributed by atoms with Crippen molar-refractivity contribution in [3.05, 3.63) is 70.7 Å². The van der Waals surface area contributed by atoms with Gasteiger partial charge in [-0.3, -0.25) is 10.1 Å². The van der Waals surface area contributed by atoms with Gasteiger partial charge >= 0.3 is 5.97 Å². The fourth-order valence-corrected chi connectivity index (χ4v) is 2.18. The highest BCUT2D eigenvalue weighted by Crippen LogP contribution is 2.21. The molecule has 0 bridgehead atoms. The van der Waals surface area contributed by atoms with Crippen LogP contribution in [-0.2, 0) is 4.79 Å². The van der Waals surface area contributed by atoms with Crippen molar-refractivity contribution in [1.82, 2.24) is 5.32 Å². The molecule has 0 aliphatic heterocycles. The molecule has 2 atom stereocenters. The standard InChI is InChI=1S/C16H16ClNO2/c1-11(12-5-3-2-4-6-12)18-15(16(19)20)13-7-9-14(17)10-8-13/h2-11,15,18H,1H3,(H,19,20)/t11-,15-/m1/s1. The van der Waals surface area contributed by atoms with E-state index >= 15 is 0 Å². The van der Waals surface area contributed by atoms with Gasteiger partial charge in [0.2, 0.25) is 0 Å². The summed E-state index contributed by atoms with van der Waals surface area (Å²) in [6.07, 6.45) is 0. The number of benzene rings is 2. The second kappa shape index (κ2) is 6.55. The summed E-state index contributed by atoms with van der Waals surface area (Å²) >= 11 is 5.83. The number of nitrogens with one attached hydrogen (secondary N) is 1. The number of rotatable bonds is 5. The van der Waals surface area contributed by atoms with E-state index in [1.54, 1.807) is 24.3 Å². The van der Waals surface area contributed by atoms with Gasteiger partial charge in [0.1, 0.15) is 6.04 Å². The number of hydrogen-bond donors (Lipinski definition) is 2. The van der Waals surface area contributed by atoms with Crippen molar-refractivity contribution in [2.24, 2.45) is 0 Å². The van der Waals surface area contributed by atoms with Crippen LogP contribution in [0, 0.1) is 0 Å². The first kappa shape index (κ1) is 14.6. The molecule has 0 amide bonds. The Labute approximate surface area is 123 Å². The van der Waals surface area contributed by atoms with Crippen LogP contribution in [0.25, 0.3) is 0 Å². The van der Waals surface area contributed by atoms with E-state index in [4.69, 9.17) is 11.6 Å². The van der Waals surface area contributed by atoms with Gasteiger partial charge in [-0.25, -0.2) is 0 Å². The summed E-state index contributed by atoms with van der Waals surface area (Å²) in [5, 5.41) is 13.1. The lowest BCUT2D eigenvalue weighted by Crippen LogP contribution is -2.30. The zero-order chi connectivity index (χ0) is 14.5. The first-order valence-electron chi connectivity index (χ1n) is 6.37. The molecule has 0 aliphatic carbocycles. The summed E-state index contributed by atoms with van der Waals surface area (Å²) < 4.78 is 0. The smallest absolute Gasteiger partial charge is 0.325 e. The van der Waals surface area contributed by atoms with Crippen LogP contribution in [0.5, 0.6) is 0 Å². The van der Waals surface area contributed by atoms with Crippen LogP contribution < -0.4 is 5.32 Å². The Bertz CT molecular complexity index is 569. The van der Waals surface area contributed by atoms with Crippen molar-refractivity contribution in [2.45, 2.75) is 19.0 Å². The van der Waals surface area contributed by atoms with Crippen LogP contribution in [0.2, 0.25) is 5.02 Å². The SMILES string of the molecule is C[C@@H](N[C@@H](C(=O)O)c1ccc(Cl)cc1)c1ccccc1. The Morgan fingerprint density at radius 2 is 1.65 bits per heavy atom. The summed E-state index contributed by atoms with van der Waals surface area (Å²) in [4.78, 5) is 11.5. The van der Waals surface area contributed by atoms with Gasteiger partial charge in [-0.2, -0.15) is 0 Å². The van der Waals surface area contributed by atoms with Gasteiger partial charge in [0.05, 0.1) is 0 Å². The van der Waals surface area contributed by atoms with Gasteiger partial charge in [0, 0.05) is 11.1 Å². The van der Waals surface area contributed by atoms with Crippen LogP contribution in [-0.4, -0.2) is 11.1 Å². The minimum absolute atomic E-state index is 0.0621. The number of halogens is 1. The maximum atomic E-state index is 11.5. The first-order chi connectivity index (χ1) is 9.58. The van der Waals surface area contributed by atoms with E-state index in [0.717, 1.165) is 5.56 Å². The van der Waals surface area contributed by atoms with Gasteiger partial charge in [0.15, 0.2) is 0 Å². The minimum Gasteiger partial charge on any atom is -0.480 e. The molecule has 3 nitrogen and oxygen atoms in total. The highest BCUT2D eigenvalue weighted by Gasteiger charge is 2.22. The third-order valence-corrected chi connectivity index (χ3v) is 3.42. The molecule has 104 valence electrons. The Balaban J connectivity index is 2.18. The largest absolute Gasteiger partial charge is 0.480 e. The van der Waals surface area contributed by atoms with E-state index in [0.29, 0.717) is 10.6 Å². The fourth-order valence-electron chi connectivity index (χ4n) is 2.05. The Kier molecular flexibility index (Phi) is 4.77. The maximum absolute atomic E-state index is 11.5. The van der Waals surface area contributed by atoms with Crippen molar-refractivity contribution >= 4 is 17.6 Å². The zero-order valence-electron chi connectivity index (χ0n) is 11.1. The molecular weight excluding hydrogens is 274 g/mol. The van der Waals surface area contributed by atoms with Gasteiger partial charge in [0.25, 0.3) is 0 Å². The van der Waals surface area contributed by atoms with E-state index in [-0.39, 0.29) is 6.04 Å². The van der Waals surface area contributed by atoms with Crippen molar-refractivity contribution in [3.8, 4) is 0 Å². The molecule has 0 saturated heterocycles. The summed E-state index contributed by atoms with van der Waals surface area (Å²) in [5.41, 5.74) is 1.73. The third kappa shape index (κ3) is 3.59. The maximum Gasteiger partial charge on any atom is 0.325 e. The average molecular weight is 290 g/mol. The molecule has 2 N–H and O–H groups in total. The third-order valence-electron chi connectivity index (χ3n) is 3.17. The fraction of sp³-hybridized carbons (Fsp3) is 0.188. The second-order valence-electron chi connectivity index (χ2n) is 4.62. The van der Waals surface area contributed by atoms with Crippen LogP contribution >= 0.6 is 11.6 Å². The molecule has 0 fully saturated rings. The molecule has 0 unspecified atom stereocenters. The van der Waals surface area contributed by atoms with Crippen molar-refractivity contribution in [2.75, 3.05) is 0 Å². The normalized spacial score (nSPS) is 13.7. The minimum atomic E-state index is -0.907. The Hall–Kier alpha value is -1.84. The average Bonchev–Trinajstić information content (AvgIpc) is 2.46. The molecule has 0 aliphatic rings. The van der Waals surface area contributed by atoms with Gasteiger partial charge < -0.3 is 5.11 Å². The monoisotopic (exact) mass is 289 g/mol. The Morgan fingerprint density at radius 1 is 1.05 bits per heavy atom. The van der Waals surface area contributed by atoms with E-state index in [9.17, 15) is 9.90 Å². The van der Waals surface area contributed by atoms with Gasteiger partial charge in [-0.15, -0.1) is 0 Å². The predicted molar refractivity (Wildman–Crippen MR) is 79.8 cm³/mol. The zero-order valence-corrected chi connectivity index (χ0v) is 11.8. The molecule has 2 aromatic carbocycles. The molecule has 20 heavy (non-hydrogen) atoms. The lowest BCUT2D eigenvalue weighted by Gasteiger charge is -2.21. The van der Waals surface area contributed by atoms with Crippen LogP contribution in [0.3, 0.4) is 0 Å². The van der Waals surface area contributed by atoms with Crippen molar-refractivity contribution in [3.63, 3.8) is 0 Å². The highest BCUT2D eigenvalue weighted by molar-refractivity contribution is 6.30. The predicted octanol–water partition coefficient (Wildman–Crippen LogP) is 3.82. The summed E-state index contributed by atoms with van der Waals surface area (Å²) in [6.45, 7) is 1.95. The van der Waals surface area contributed by atoms with Crippen molar-refractivity contribution in [1.29, 1.82) is 0 Å². The van der Waals surface area contributed by atoms with E-state index in [1.165, 1.54) is 0 Å². The molecule has 0 aromatic heterocycles. The Morgan fingerprint density at radius 3 is 2.20 bits per heavy atom. The number of aliphatic carboxylic acids is 1. The number of carbonyl (C=O) groups is 1. The van der Waals surface area contributed by atoms with E-state index < -0.39 is 12.0 Å². The summed E-state index contributed by atoms with van der Waals surface area (Å²) in [6, 6.07) is 15.8. The van der Waals surface area contributed by atoms with Crippen LogP contribution in [0.15, 0.2) is 54.6 Å². The number of carboxylic acids is 1. The van der Waals surface area contributed by atoms with Crippen LogP contribution in [0.4, 0.5) is 0 Å². The molecule has 0 heterocycles. The molecule has 4 heteroatoms. The van der Waals surface area contributed by atoms with Crippen LogP contribution in [0.1, 0.15) is 30.1 Å². The number of hydrogen-bond acceptors (Lipinski definition) is 2. The number of carboxylic acid groups (broad SMARTS) is 1. The molecule has 0 radical (unpaired) electrons. The molecular formula is C16H16ClNO2. The van der Waals surface area contributed by atoms with Crippen molar-refractivity contribution < 1.29 is 9.90 Å². The molecule has 0 saturated carbocycles. The molecule has 2 aromatic rings. The van der Waals surface area contributed by atoms with Gasteiger partial charge in [-0.1, -0.05) is 54.1 Å². The highest BCUT2D eigenvalue weighted by atomic mass is 35.5. The summed E-state index contributed by atoms with van der Waals surface area (Å²) in [5.74, 6) is -0.907. The van der Waals surface area contributed by atoms with E-state index in [2.05, 4.69) is 5.32 Å². The molecule has 2 rings (SSSR count). The van der Waals surface area contributed by atoms with Gasteiger partial charge in [-0.05, 0) is 30.2 Å². The summed E-state index contributed by atoms with van der Waals surface area (Å²) in [7, 11) is 0.